The van der Waals surface area contributed by atoms with Crippen LogP contribution in [0.4, 0.5) is 0 Å². The largest absolute Gasteiger partial charge is 0.472 e. The number of ether oxygens (including phenoxy) is 1. The van der Waals surface area contributed by atoms with Gasteiger partial charge in [0.05, 0.1) is 36.7 Å². The smallest absolute Gasteiger partial charge is 0.0937 e. The van der Waals surface area contributed by atoms with Crippen LogP contribution in [0.5, 0.6) is 0 Å². The van der Waals surface area contributed by atoms with E-state index in [1.54, 1.807) is 6.26 Å². The second kappa shape index (κ2) is 7.62. The number of amidine groups is 1. The SMILES string of the molecule is C[C@]12CC(OCCC(=N)N)CC[C@H]1CC[C@@H]1[C@@H]2CC[C@]2(C)[C@@H](c3ccoc3)CC[C@]12O. The normalized spacial score (nSPS) is 46.7. The van der Waals surface area contributed by atoms with Gasteiger partial charge in [-0.25, -0.2) is 0 Å². The summed E-state index contributed by atoms with van der Waals surface area (Å²) in [7, 11) is 0. The molecule has 4 saturated carbocycles. The summed E-state index contributed by atoms with van der Waals surface area (Å²) in [6, 6.07) is 2.11. The summed E-state index contributed by atoms with van der Waals surface area (Å²) in [5.74, 6) is 2.32. The fourth-order valence-electron chi connectivity index (χ4n) is 8.76. The van der Waals surface area contributed by atoms with Crippen molar-refractivity contribution in [2.75, 3.05) is 6.61 Å². The van der Waals surface area contributed by atoms with Gasteiger partial charge in [-0.2, -0.15) is 0 Å². The third-order valence-electron chi connectivity index (χ3n) is 10.4. The van der Waals surface area contributed by atoms with Crippen LogP contribution in [0, 0.1) is 34.0 Å². The van der Waals surface area contributed by atoms with Crippen LogP contribution in [-0.4, -0.2) is 29.3 Å². The van der Waals surface area contributed by atoms with Crippen molar-refractivity contribution >= 4 is 5.84 Å². The van der Waals surface area contributed by atoms with Crippen LogP contribution >= 0.6 is 0 Å². The maximum absolute atomic E-state index is 12.3. The zero-order chi connectivity index (χ0) is 21.9. The minimum absolute atomic E-state index is 0.0622. The first kappa shape index (κ1) is 21.5. The summed E-state index contributed by atoms with van der Waals surface area (Å²) in [6.45, 7) is 5.42. The minimum Gasteiger partial charge on any atom is -0.472 e. The Hall–Kier alpha value is -1.33. The molecule has 4 fully saturated rings. The van der Waals surface area contributed by atoms with E-state index in [1.165, 1.54) is 31.2 Å². The lowest BCUT2D eigenvalue weighted by Crippen LogP contribution is -2.62. The van der Waals surface area contributed by atoms with Crippen LogP contribution in [0.3, 0.4) is 0 Å². The molecule has 0 aromatic carbocycles. The van der Waals surface area contributed by atoms with Gasteiger partial charge >= 0.3 is 0 Å². The van der Waals surface area contributed by atoms with Crippen molar-refractivity contribution in [2.45, 2.75) is 95.7 Å². The molecule has 5 rings (SSSR count). The minimum atomic E-state index is -0.575. The number of hydrogen-bond donors (Lipinski definition) is 3. The Labute approximate surface area is 186 Å². The summed E-state index contributed by atoms with van der Waals surface area (Å²) in [4.78, 5) is 0. The molecule has 0 saturated heterocycles. The van der Waals surface area contributed by atoms with E-state index in [1.807, 2.05) is 6.26 Å². The number of rotatable bonds is 5. The lowest BCUT2D eigenvalue weighted by atomic mass is 9.43. The van der Waals surface area contributed by atoms with Crippen LogP contribution in [0.25, 0.3) is 0 Å². The van der Waals surface area contributed by atoms with Gasteiger partial charge in [-0.3, -0.25) is 5.41 Å². The average Bonchev–Trinajstić information content (AvgIpc) is 3.33. The third-order valence-corrected chi connectivity index (χ3v) is 10.4. The summed E-state index contributed by atoms with van der Waals surface area (Å²) < 4.78 is 11.6. The zero-order valence-corrected chi connectivity index (χ0v) is 19.2. The van der Waals surface area contributed by atoms with Crippen molar-refractivity contribution in [1.82, 2.24) is 0 Å². The molecule has 1 unspecified atom stereocenters. The van der Waals surface area contributed by atoms with Crippen molar-refractivity contribution in [3.63, 3.8) is 0 Å². The highest BCUT2D eigenvalue weighted by molar-refractivity contribution is 5.76. The summed E-state index contributed by atoms with van der Waals surface area (Å²) >= 11 is 0. The molecule has 0 bridgehead atoms. The predicted octanol–water partition coefficient (Wildman–Crippen LogP) is 5.23. The van der Waals surface area contributed by atoms with E-state index in [2.05, 4.69) is 19.9 Å². The van der Waals surface area contributed by atoms with Gasteiger partial charge in [0, 0.05) is 11.8 Å². The maximum Gasteiger partial charge on any atom is 0.0937 e. The Bertz CT molecular complexity index is 810. The van der Waals surface area contributed by atoms with Crippen molar-refractivity contribution < 1.29 is 14.3 Å². The van der Waals surface area contributed by atoms with Gasteiger partial charge in [0.25, 0.3) is 0 Å². The average molecular weight is 429 g/mol. The van der Waals surface area contributed by atoms with Gasteiger partial charge in [-0.05, 0) is 98.5 Å². The molecular formula is C26H40N2O3. The molecule has 1 aromatic heterocycles. The summed E-state index contributed by atoms with van der Waals surface area (Å²) in [6.07, 6.45) is 14.6. The van der Waals surface area contributed by atoms with E-state index >= 15 is 0 Å². The highest BCUT2D eigenvalue weighted by Crippen LogP contribution is 2.70. The van der Waals surface area contributed by atoms with E-state index in [9.17, 15) is 5.11 Å². The maximum atomic E-state index is 12.3. The number of fused-ring (bicyclic) bond motifs is 5. The van der Waals surface area contributed by atoms with Crippen LogP contribution < -0.4 is 5.73 Å². The molecule has 0 spiro atoms. The van der Waals surface area contributed by atoms with Gasteiger partial charge in [0.15, 0.2) is 0 Å². The van der Waals surface area contributed by atoms with E-state index in [4.69, 9.17) is 20.3 Å². The van der Waals surface area contributed by atoms with Gasteiger partial charge in [0.2, 0.25) is 0 Å². The second-order valence-electron chi connectivity index (χ2n) is 11.6. The van der Waals surface area contributed by atoms with Gasteiger partial charge in [0.1, 0.15) is 0 Å². The van der Waals surface area contributed by atoms with Crippen molar-refractivity contribution in [3.8, 4) is 0 Å². The fourth-order valence-corrected chi connectivity index (χ4v) is 8.76. The molecule has 5 nitrogen and oxygen atoms in total. The Morgan fingerprint density at radius 3 is 2.71 bits per heavy atom. The second-order valence-corrected chi connectivity index (χ2v) is 11.6. The molecule has 4 aliphatic carbocycles. The van der Waals surface area contributed by atoms with Crippen molar-refractivity contribution in [3.05, 3.63) is 24.2 Å². The third kappa shape index (κ3) is 3.21. The Kier molecular flexibility index (Phi) is 5.29. The summed E-state index contributed by atoms with van der Waals surface area (Å²) in [5, 5.41) is 19.8. The fraction of sp³-hybridized carbons (Fsp3) is 0.808. The molecule has 0 radical (unpaired) electrons. The van der Waals surface area contributed by atoms with Crippen molar-refractivity contribution in [1.29, 1.82) is 5.41 Å². The lowest BCUT2D eigenvalue weighted by Gasteiger charge is -2.63. The molecule has 1 aromatic rings. The predicted molar refractivity (Wildman–Crippen MR) is 121 cm³/mol. The Morgan fingerprint density at radius 2 is 1.97 bits per heavy atom. The highest BCUT2D eigenvalue weighted by atomic mass is 16.5. The molecule has 4 N–H and O–H groups in total. The number of aliphatic hydroxyl groups is 1. The standard InChI is InChI=1S/C26H40N2O3/c1-24-15-19(31-14-10-23(27)28)5-3-18(24)4-6-22-21(24)7-11-25(2)20(8-12-26(22,25)29)17-9-13-30-16-17/h9,13,16,18-22,29H,3-8,10-12,14-15H2,1-2H3,(H3,27,28)/t18-,19?,20+,21-,22+,24-,25+,26-/m0/s1. The first-order valence-electron chi connectivity index (χ1n) is 12.5. The molecule has 1 heterocycles. The molecule has 0 amide bonds. The monoisotopic (exact) mass is 428 g/mol. The molecular weight excluding hydrogens is 388 g/mol. The van der Waals surface area contributed by atoms with Crippen LogP contribution in [-0.2, 0) is 4.74 Å². The van der Waals surface area contributed by atoms with E-state index in [-0.39, 0.29) is 22.8 Å². The molecule has 0 aliphatic heterocycles. The first-order chi connectivity index (χ1) is 14.8. The topological polar surface area (TPSA) is 92.5 Å². The van der Waals surface area contributed by atoms with Gasteiger partial charge in [-0.1, -0.05) is 13.8 Å². The molecule has 5 heteroatoms. The van der Waals surface area contributed by atoms with Gasteiger partial charge < -0.3 is 20.0 Å². The number of nitrogens with two attached hydrogens (primary N) is 1. The summed E-state index contributed by atoms with van der Waals surface area (Å²) in [5.41, 5.74) is 6.40. The van der Waals surface area contributed by atoms with Crippen molar-refractivity contribution in [2.24, 2.45) is 34.3 Å². The lowest BCUT2D eigenvalue weighted by molar-refractivity contribution is -0.209. The Balaban J connectivity index is 1.37. The van der Waals surface area contributed by atoms with Crippen LogP contribution in [0.1, 0.15) is 89.5 Å². The quantitative estimate of drug-likeness (QED) is 0.442. The molecule has 31 heavy (non-hydrogen) atoms. The van der Waals surface area contributed by atoms with Crippen LogP contribution in [0.2, 0.25) is 0 Å². The number of furan rings is 1. The zero-order valence-electron chi connectivity index (χ0n) is 19.2. The molecule has 8 atom stereocenters. The molecule has 4 aliphatic rings. The van der Waals surface area contributed by atoms with E-state index in [0.717, 1.165) is 38.0 Å². The molecule has 172 valence electrons. The number of hydrogen-bond acceptors (Lipinski definition) is 4. The van der Waals surface area contributed by atoms with Gasteiger partial charge in [-0.15, -0.1) is 0 Å². The number of nitrogens with one attached hydrogen (secondary N) is 1. The van der Waals surface area contributed by atoms with E-state index < -0.39 is 5.60 Å². The highest BCUT2D eigenvalue weighted by Gasteiger charge is 2.67. The van der Waals surface area contributed by atoms with Crippen LogP contribution in [0.15, 0.2) is 23.0 Å². The Morgan fingerprint density at radius 1 is 1.16 bits per heavy atom. The van der Waals surface area contributed by atoms with E-state index in [0.29, 0.717) is 30.8 Å². The first-order valence-corrected chi connectivity index (χ1v) is 12.5.